The van der Waals surface area contributed by atoms with Gasteiger partial charge in [-0.05, 0) is 36.4 Å². The molecule has 0 bridgehead atoms. The van der Waals surface area contributed by atoms with E-state index in [4.69, 9.17) is 0 Å². The van der Waals surface area contributed by atoms with Crippen LogP contribution >= 0.6 is 11.3 Å². The summed E-state index contributed by atoms with van der Waals surface area (Å²) in [5.74, 6) is -0.791. The number of carbonyl (C=O) groups excluding carboxylic acids is 2. The molecule has 2 aliphatic rings. The van der Waals surface area contributed by atoms with Crippen molar-refractivity contribution in [2.45, 2.75) is 18.9 Å². The first-order chi connectivity index (χ1) is 10.8. The fourth-order valence-electron chi connectivity index (χ4n) is 3.37. The largest absolute Gasteiger partial charge is 0.300 e. The number of carbonyl (C=O) groups is 2. The molecule has 1 atom stereocenters. The second kappa shape index (κ2) is 5.34. The maximum absolute atomic E-state index is 12.3. The van der Waals surface area contributed by atoms with Crippen LogP contribution in [0.2, 0.25) is 0 Å². The van der Waals surface area contributed by atoms with Gasteiger partial charge in [0.15, 0.2) is 0 Å². The predicted molar refractivity (Wildman–Crippen MR) is 86.1 cm³/mol. The first kappa shape index (κ1) is 13.7. The third kappa shape index (κ3) is 2.09. The minimum absolute atomic E-state index is 0.357. The molecule has 4 nitrogen and oxygen atoms in total. The van der Waals surface area contributed by atoms with E-state index in [-0.39, 0.29) is 5.78 Å². The van der Waals surface area contributed by atoms with Gasteiger partial charge in [-0.3, -0.25) is 19.4 Å². The normalized spacial score (nSPS) is 21.6. The highest BCUT2D eigenvalue weighted by Crippen LogP contribution is 2.36. The van der Waals surface area contributed by atoms with Crippen LogP contribution in [-0.2, 0) is 4.79 Å². The molecule has 5 heteroatoms. The van der Waals surface area contributed by atoms with E-state index in [9.17, 15) is 9.59 Å². The summed E-state index contributed by atoms with van der Waals surface area (Å²) in [6.45, 7) is 1.45. The highest BCUT2D eigenvalue weighted by atomic mass is 32.1. The molecule has 1 aromatic carbocycles. The topological polar surface area (TPSA) is 40.6 Å². The van der Waals surface area contributed by atoms with Gasteiger partial charge in [0, 0.05) is 17.5 Å². The molecule has 112 valence electrons. The highest BCUT2D eigenvalue weighted by Gasteiger charge is 2.38. The lowest BCUT2D eigenvalue weighted by Gasteiger charge is -2.28. The SMILES string of the molecule is O=C1C(=O)N(CN2CCCC2c2cccs2)c2ccccc21. The number of fused-ring (bicyclic) bond motifs is 1. The van der Waals surface area contributed by atoms with Gasteiger partial charge < -0.3 is 0 Å². The number of hydrogen-bond acceptors (Lipinski definition) is 4. The van der Waals surface area contributed by atoms with Crippen molar-refractivity contribution in [1.29, 1.82) is 0 Å². The zero-order valence-electron chi connectivity index (χ0n) is 12.1. The Morgan fingerprint density at radius 1 is 1.14 bits per heavy atom. The van der Waals surface area contributed by atoms with E-state index in [2.05, 4.69) is 22.4 Å². The molecule has 0 radical (unpaired) electrons. The van der Waals surface area contributed by atoms with E-state index < -0.39 is 5.91 Å². The molecule has 0 aliphatic carbocycles. The molecular formula is C17H16N2O2S. The molecule has 1 fully saturated rings. The van der Waals surface area contributed by atoms with Crippen LogP contribution in [0.15, 0.2) is 41.8 Å². The number of para-hydroxylation sites is 1. The molecular weight excluding hydrogens is 296 g/mol. The molecule has 1 saturated heterocycles. The van der Waals surface area contributed by atoms with Crippen molar-refractivity contribution >= 4 is 28.7 Å². The highest BCUT2D eigenvalue weighted by molar-refractivity contribution is 7.10. The molecule has 4 rings (SSSR count). The zero-order valence-corrected chi connectivity index (χ0v) is 12.9. The lowest BCUT2D eigenvalue weighted by Crippen LogP contribution is -2.40. The number of rotatable bonds is 3. The third-order valence-corrected chi connectivity index (χ3v) is 5.41. The number of Topliss-reactive ketones (excluding diaryl/α,β-unsaturated/α-hetero) is 1. The molecule has 2 aromatic rings. The van der Waals surface area contributed by atoms with Crippen molar-refractivity contribution in [1.82, 2.24) is 4.90 Å². The van der Waals surface area contributed by atoms with Crippen molar-refractivity contribution in [3.05, 3.63) is 52.2 Å². The standard InChI is InChI=1S/C17H16N2O2S/c20-16-12-5-1-2-6-13(12)19(17(16)21)11-18-9-3-7-14(18)15-8-4-10-22-15/h1-2,4-6,8,10,14H,3,7,9,11H2. The van der Waals surface area contributed by atoms with E-state index in [0.717, 1.165) is 25.1 Å². The molecule has 0 saturated carbocycles. The number of anilines is 1. The monoisotopic (exact) mass is 312 g/mol. The molecule has 3 heterocycles. The van der Waals surface area contributed by atoms with Gasteiger partial charge in [-0.25, -0.2) is 0 Å². The summed E-state index contributed by atoms with van der Waals surface area (Å²) in [5, 5.41) is 2.09. The maximum atomic E-state index is 12.3. The third-order valence-electron chi connectivity index (χ3n) is 4.44. The Labute approximate surface area is 133 Å². The Hall–Kier alpha value is -1.98. The Kier molecular flexibility index (Phi) is 3.32. The minimum Gasteiger partial charge on any atom is -0.291 e. The molecule has 1 aromatic heterocycles. The Morgan fingerprint density at radius 3 is 2.82 bits per heavy atom. The van der Waals surface area contributed by atoms with Crippen LogP contribution in [-0.4, -0.2) is 29.8 Å². The average Bonchev–Trinajstić information content (AvgIpc) is 3.25. The van der Waals surface area contributed by atoms with Gasteiger partial charge in [0.25, 0.3) is 5.78 Å². The van der Waals surface area contributed by atoms with Crippen molar-refractivity contribution in [2.75, 3.05) is 18.1 Å². The Balaban J connectivity index is 1.61. The van der Waals surface area contributed by atoms with E-state index >= 15 is 0 Å². The second-order valence-corrected chi connectivity index (χ2v) is 6.69. The first-order valence-corrected chi connectivity index (χ1v) is 8.36. The average molecular weight is 312 g/mol. The number of thiophene rings is 1. The van der Waals surface area contributed by atoms with Crippen LogP contribution < -0.4 is 4.90 Å². The number of amides is 1. The van der Waals surface area contributed by atoms with Crippen LogP contribution in [0.4, 0.5) is 5.69 Å². The summed E-state index contributed by atoms with van der Waals surface area (Å²) in [6.07, 6.45) is 2.23. The number of ketones is 1. The summed E-state index contributed by atoms with van der Waals surface area (Å²) < 4.78 is 0. The summed E-state index contributed by atoms with van der Waals surface area (Å²) in [6, 6.07) is 11.8. The zero-order chi connectivity index (χ0) is 15.1. The van der Waals surface area contributed by atoms with E-state index in [1.165, 1.54) is 4.88 Å². The maximum Gasteiger partial charge on any atom is 0.300 e. The number of hydrogen-bond donors (Lipinski definition) is 0. The fraction of sp³-hybridized carbons (Fsp3) is 0.294. The van der Waals surface area contributed by atoms with Gasteiger partial charge in [0.1, 0.15) is 0 Å². The lowest BCUT2D eigenvalue weighted by molar-refractivity contribution is -0.114. The summed E-state index contributed by atoms with van der Waals surface area (Å²) in [5.41, 5.74) is 1.27. The van der Waals surface area contributed by atoms with Crippen LogP contribution in [0.1, 0.15) is 34.1 Å². The van der Waals surface area contributed by atoms with Gasteiger partial charge in [0.05, 0.1) is 17.9 Å². The van der Waals surface area contributed by atoms with Crippen LogP contribution in [0, 0.1) is 0 Å². The van der Waals surface area contributed by atoms with Gasteiger partial charge in [0.2, 0.25) is 0 Å². The summed E-state index contributed by atoms with van der Waals surface area (Å²) in [4.78, 5) is 29.6. The van der Waals surface area contributed by atoms with E-state index in [0.29, 0.717) is 18.3 Å². The Bertz CT molecular complexity index is 726. The predicted octanol–water partition coefficient (Wildman–Crippen LogP) is 3.07. The van der Waals surface area contributed by atoms with Gasteiger partial charge in [-0.1, -0.05) is 18.2 Å². The summed E-state index contributed by atoms with van der Waals surface area (Å²) in [7, 11) is 0. The summed E-state index contributed by atoms with van der Waals surface area (Å²) >= 11 is 1.76. The quantitative estimate of drug-likeness (QED) is 0.818. The van der Waals surface area contributed by atoms with Crippen LogP contribution in [0.25, 0.3) is 0 Å². The molecule has 22 heavy (non-hydrogen) atoms. The molecule has 1 amide bonds. The van der Waals surface area contributed by atoms with Crippen molar-refractivity contribution in [3.8, 4) is 0 Å². The molecule has 2 aliphatic heterocycles. The van der Waals surface area contributed by atoms with Crippen molar-refractivity contribution in [3.63, 3.8) is 0 Å². The lowest BCUT2D eigenvalue weighted by atomic mass is 10.1. The smallest absolute Gasteiger partial charge is 0.291 e. The van der Waals surface area contributed by atoms with Crippen molar-refractivity contribution in [2.24, 2.45) is 0 Å². The number of benzene rings is 1. The van der Waals surface area contributed by atoms with E-state index in [1.54, 1.807) is 28.4 Å². The fourth-order valence-corrected chi connectivity index (χ4v) is 4.26. The van der Waals surface area contributed by atoms with Crippen LogP contribution in [0.3, 0.4) is 0 Å². The van der Waals surface area contributed by atoms with Gasteiger partial charge in [-0.15, -0.1) is 11.3 Å². The molecule has 1 unspecified atom stereocenters. The van der Waals surface area contributed by atoms with E-state index in [1.807, 2.05) is 12.1 Å². The van der Waals surface area contributed by atoms with Crippen LogP contribution in [0.5, 0.6) is 0 Å². The van der Waals surface area contributed by atoms with Gasteiger partial charge in [-0.2, -0.15) is 0 Å². The Morgan fingerprint density at radius 2 is 2.00 bits per heavy atom. The van der Waals surface area contributed by atoms with Gasteiger partial charge >= 0.3 is 5.91 Å². The first-order valence-electron chi connectivity index (χ1n) is 7.48. The number of likely N-dealkylation sites (tertiary alicyclic amines) is 1. The molecule has 0 spiro atoms. The van der Waals surface area contributed by atoms with Crippen molar-refractivity contribution < 1.29 is 9.59 Å². The second-order valence-electron chi connectivity index (χ2n) is 5.71. The minimum atomic E-state index is -0.405. The molecule has 0 N–H and O–H groups in total. The number of nitrogens with zero attached hydrogens (tertiary/aromatic N) is 2.